The molecule has 0 unspecified atom stereocenters. The van der Waals surface area contributed by atoms with E-state index in [0.717, 1.165) is 0 Å². The van der Waals surface area contributed by atoms with Gasteiger partial charge in [-0.15, -0.1) is 0 Å². The van der Waals surface area contributed by atoms with Gasteiger partial charge >= 0.3 is 0 Å². The van der Waals surface area contributed by atoms with Gasteiger partial charge in [0.1, 0.15) is 0 Å². The van der Waals surface area contributed by atoms with Crippen molar-refractivity contribution in [2.75, 3.05) is 0 Å². The Labute approximate surface area is 128 Å². The maximum absolute atomic E-state index is 2.25. The molecule has 0 spiro atoms. The fourth-order valence-electron chi connectivity index (χ4n) is 2.85. The zero-order valence-electron chi connectivity index (χ0n) is 12.1. The third-order valence-electron chi connectivity index (χ3n) is 3.93. The van der Waals surface area contributed by atoms with Crippen LogP contribution >= 0.6 is 11.8 Å². The predicted octanol–water partition coefficient (Wildman–Crippen LogP) is 4.92. The van der Waals surface area contributed by atoms with E-state index in [9.17, 15) is 0 Å². The van der Waals surface area contributed by atoms with E-state index in [1.807, 2.05) is 11.8 Å². The standard InChI is InChI=1S/C19H16NS/c1-13-7-10-18-20(11-13)12-14(2)16-9-8-15-5-3-4-6-17(15)19(16)21-18/h3-12H,1-2H3/q+1. The van der Waals surface area contributed by atoms with Crippen LogP contribution < -0.4 is 4.57 Å². The molecule has 0 saturated heterocycles. The molecule has 1 aliphatic heterocycles. The Morgan fingerprint density at radius 3 is 2.67 bits per heavy atom. The predicted molar refractivity (Wildman–Crippen MR) is 89.3 cm³/mol. The van der Waals surface area contributed by atoms with Crippen molar-refractivity contribution in [3.8, 4) is 0 Å². The molecular weight excluding hydrogens is 274 g/mol. The summed E-state index contributed by atoms with van der Waals surface area (Å²) in [6, 6.07) is 17.5. The van der Waals surface area contributed by atoms with E-state index in [1.54, 1.807) is 0 Å². The molecule has 0 N–H and O–H groups in total. The number of nitrogens with zero attached hydrogens (tertiary/aromatic N) is 1. The number of benzene rings is 2. The Morgan fingerprint density at radius 1 is 0.905 bits per heavy atom. The van der Waals surface area contributed by atoms with Crippen LogP contribution in [-0.4, -0.2) is 0 Å². The van der Waals surface area contributed by atoms with E-state index in [1.165, 1.54) is 37.4 Å². The van der Waals surface area contributed by atoms with E-state index in [4.69, 9.17) is 0 Å². The van der Waals surface area contributed by atoms with Crippen LogP contribution in [0.1, 0.15) is 18.1 Å². The maximum Gasteiger partial charge on any atom is 0.250 e. The van der Waals surface area contributed by atoms with Crippen LogP contribution in [0.2, 0.25) is 0 Å². The normalized spacial score (nSPS) is 13.3. The molecule has 1 aromatic heterocycles. The number of rotatable bonds is 0. The molecule has 1 nitrogen and oxygen atoms in total. The minimum atomic E-state index is 1.26. The molecule has 102 valence electrons. The third-order valence-corrected chi connectivity index (χ3v) is 5.13. The van der Waals surface area contributed by atoms with Crippen LogP contribution in [0.4, 0.5) is 0 Å². The summed E-state index contributed by atoms with van der Waals surface area (Å²) in [5.74, 6) is 0. The Bertz CT molecular complexity index is 893. The number of allylic oxidation sites excluding steroid dienone is 1. The largest absolute Gasteiger partial charge is 0.250 e. The van der Waals surface area contributed by atoms with E-state index >= 15 is 0 Å². The summed E-state index contributed by atoms with van der Waals surface area (Å²) < 4.78 is 2.24. The van der Waals surface area contributed by atoms with Crippen LogP contribution in [0.5, 0.6) is 0 Å². The highest BCUT2D eigenvalue weighted by Gasteiger charge is 2.21. The topological polar surface area (TPSA) is 3.88 Å². The van der Waals surface area contributed by atoms with Gasteiger partial charge in [0.15, 0.2) is 12.4 Å². The average molecular weight is 290 g/mol. The zero-order valence-corrected chi connectivity index (χ0v) is 12.9. The molecule has 0 fully saturated rings. The summed E-state index contributed by atoms with van der Waals surface area (Å²) in [6.45, 7) is 4.33. The number of hydrogen-bond donors (Lipinski definition) is 0. The lowest BCUT2D eigenvalue weighted by molar-refractivity contribution is -0.609. The highest BCUT2D eigenvalue weighted by Crippen LogP contribution is 2.39. The zero-order chi connectivity index (χ0) is 14.4. The van der Waals surface area contributed by atoms with Gasteiger partial charge in [-0.2, -0.15) is 4.57 Å². The van der Waals surface area contributed by atoms with Gasteiger partial charge in [-0.25, -0.2) is 0 Å². The molecule has 0 aliphatic carbocycles. The number of aromatic nitrogens is 1. The smallest absolute Gasteiger partial charge is 0.161 e. The summed E-state index contributed by atoms with van der Waals surface area (Å²) in [6.07, 6.45) is 4.43. The molecule has 0 saturated carbocycles. The van der Waals surface area contributed by atoms with Gasteiger partial charge < -0.3 is 0 Å². The molecule has 0 atom stereocenters. The lowest BCUT2D eigenvalue weighted by Gasteiger charge is -2.08. The van der Waals surface area contributed by atoms with E-state index in [2.05, 4.69) is 79.3 Å². The Kier molecular flexibility index (Phi) is 2.86. The molecule has 2 aromatic carbocycles. The lowest BCUT2D eigenvalue weighted by atomic mass is 10.0. The lowest BCUT2D eigenvalue weighted by Crippen LogP contribution is -2.28. The van der Waals surface area contributed by atoms with Crippen molar-refractivity contribution < 1.29 is 4.57 Å². The molecule has 21 heavy (non-hydrogen) atoms. The van der Waals surface area contributed by atoms with Crippen molar-refractivity contribution >= 4 is 34.3 Å². The molecule has 2 heterocycles. The van der Waals surface area contributed by atoms with Crippen molar-refractivity contribution in [1.29, 1.82) is 0 Å². The van der Waals surface area contributed by atoms with Gasteiger partial charge in [-0.05, 0) is 48.0 Å². The molecule has 0 radical (unpaired) electrons. The highest BCUT2D eigenvalue weighted by atomic mass is 32.2. The summed E-state index contributed by atoms with van der Waals surface area (Å²) in [7, 11) is 0. The van der Waals surface area contributed by atoms with Crippen molar-refractivity contribution in [3.05, 3.63) is 65.9 Å². The Balaban J connectivity index is 2.04. The highest BCUT2D eigenvalue weighted by molar-refractivity contribution is 7.99. The molecule has 4 rings (SSSR count). The molecule has 1 aliphatic rings. The van der Waals surface area contributed by atoms with E-state index in [-0.39, 0.29) is 0 Å². The quantitative estimate of drug-likeness (QED) is 0.532. The monoisotopic (exact) mass is 290 g/mol. The van der Waals surface area contributed by atoms with Gasteiger partial charge in [-0.3, -0.25) is 0 Å². The Morgan fingerprint density at radius 2 is 1.76 bits per heavy atom. The van der Waals surface area contributed by atoms with Gasteiger partial charge in [0.25, 0.3) is 0 Å². The number of aryl methyl sites for hydroxylation is 1. The van der Waals surface area contributed by atoms with Crippen LogP contribution in [-0.2, 0) is 0 Å². The first-order valence-corrected chi connectivity index (χ1v) is 7.94. The van der Waals surface area contributed by atoms with Gasteiger partial charge in [0.05, 0.1) is 0 Å². The summed E-state index contributed by atoms with van der Waals surface area (Å²) in [5.41, 5.74) is 3.91. The van der Waals surface area contributed by atoms with Crippen molar-refractivity contribution in [1.82, 2.24) is 0 Å². The number of pyridine rings is 1. The number of hydrogen-bond acceptors (Lipinski definition) is 1. The van der Waals surface area contributed by atoms with Crippen molar-refractivity contribution in [2.45, 2.75) is 23.8 Å². The summed E-state index contributed by atoms with van der Waals surface area (Å²) >= 11 is 1.86. The third kappa shape index (κ3) is 2.07. The van der Waals surface area contributed by atoms with Crippen molar-refractivity contribution in [3.63, 3.8) is 0 Å². The second-order valence-electron chi connectivity index (χ2n) is 5.53. The molecule has 2 heteroatoms. The van der Waals surface area contributed by atoms with Gasteiger partial charge in [0.2, 0.25) is 5.03 Å². The van der Waals surface area contributed by atoms with E-state index in [0.29, 0.717) is 0 Å². The SMILES string of the molecule is CC1=C[n+]2cc(C)ccc2Sc2c1ccc1ccccc21. The first-order chi connectivity index (χ1) is 10.2. The minimum absolute atomic E-state index is 1.26. The van der Waals surface area contributed by atoms with Crippen LogP contribution in [0.25, 0.3) is 22.5 Å². The maximum atomic E-state index is 2.25. The van der Waals surface area contributed by atoms with E-state index < -0.39 is 0 Å². The van der Waals surface area contributed by atoms with Crippen molar-refractivity contribution in [2.24, 2.45) is 0 Å². The van der Waals surface area contributed by atoms with Crippen LogP contribution in [0.3, 0.4) is 0 Å². The molecule has 0 bridgehead atoms. The van der Waals surface area contributed by atoms with Gasteiger partial charge in [-0.1, -0.05) is 36.4 Å². The summed E-state index contributed by atoms with van der Waals surface area (Å²) in [5, 5.41) is 3.90. The van der Waals surface area contributed by atoms with Crippen LogP contribution in [0, 0.1) is 6.92 Å². The molecular formula is C19H16NS+. The second-order valence-corrected chi connectivity index (χ2v) is 6.56. The average Bonchev–Trinajstić information content (AvgIpc) is 2.63. The first kappa shape index (κ1) is 12.7. The van der Waals surface area contributed by atoms with Gasteiger partial charge in [0, 0.05) is 22.1 Å². The fraction of sp³-hybridized carbons (Fsp3) is 0.105. The minimum Gasteiger partial charge on any atom is -0.161 e. The first-order valence-electron chi connectivity index (χ1n) is 7.12. The summed E-state index contributed by atoms with van der Waals surface area (Å²) in [4.78, 5) is 1.36. The number of fused-ring (bicyclic) bond motifs is 4. The molecule has 3 aromatic rings. The fourth-order valence-corrected chi connectivity index (χ4v) is 4.04. The van der Waals surface area contributed by atoms with Crippen LogP contribution in [0.15, 0.2) is 64.6 Å². The second kappa shape index (κ2) is 4.74. The molecule has 0 amide bonds. The Hall–Kier alpha value is -2.06.